The third-order valence-corrected chi connectivity index (χ3v) is 5.24. The lowest BCUT2D eigenvalue weighted by molar-refractivity contribution is 0.0952. The molecule has 2 aromatic rings. The van der Waals surface area contributed by atoms with E-state index in [0.717, 1.165) is 0 Å². The number of benzene rings is 2. The van der Waals surface area contributed by atoms with Gasteiger partial charge in [0.25, 0.3) is 5.91 Å². The maximum absolute atomic E-state index is 12.5. The summed E-state index contributed by atoms with van der Waals surface area (Å²) in [4.78, 5) is 12.1. The first kappa shape index (κ1) is 21.5. The minimum Gasteiger partial charge on any atom is -0.496 e. The van der Waals surface area contributed by atoms with Crippen molar-refractivity contribution in [2.75, 3.05) is 33.9 Å². The minimum absolute atomic E-state index is 0.0353. The Morgan fingerprint density at radius 1 is 1.00 bits per heavy atom. The van der Waals surface area contributed by atoms with E-state index in [0.29, 0.717) is 23.8 Å². The van der Waals surface area contributed by atoms with Crippen molar-refractivity contribution in [3.8, 4) is 17.2 Å². The zero-order valence-electron chi connectivity index (χ0n) is 16.0. The quantitative estimate of drug-likeness (QED) is 0.581. The van der Waals surface area contributed by atoms with Gasteiger partial charge in [0.1, 0.15) is 12.4 Å². The van der Waals surface area contributed by atoms with Crippen LogP contribution >= 0.6 is 0 Å². The molecule has 8 nitrogen and oxygen atoms in total. The summed E-state index contributed by atoms with van der Waals surface area (Å²) < 4.78 is 43.4. The van der Waals surface area contributed by atoms with Crippen LogP contribution in [0, 0.1) is 0 Å². The minimum atomic E-state index is -3.82. The largest absolute Gasteiger partial charge is 0.496 e. The van der Waals surface area contributed by atoms with Crippen LogP contribution in [0.4, 0.5) is 0 Å². The normalized spacial score (nSPS) is 11.0. The van der Waals surface area contributed by atoms with Crippen LogP contribution in [0.15, 0.2) is 47.4 Å². The predicted molar refractivity (Wildman–Crippen MR) is 105 cm³/mol. The molecule has 0 aliphatic heterocycles. The lowest BCUT2D eigenvalue weighted by Gasteiger charge is -2.13. The third kappa shape index (κ3) is 5.37. The predicted octanol–water partition coefficient (Wildman–Crippen LogP) is 1.81. The Labute approximate surface area is 164 Å². The number of para-hydroxylation sites is 2. The molecule has 0 saturated carbocycles. The highest BCUT2D eigenvalue weighted by Crippen LogP contribution is 2.25. The molecule has 0 aliphatic carbocycles. The molecule has 2 N–H and O–H groups in total. The maximum atomic E-state index is 12.5. The van der Waals surface area contributed by atoms with Crippen LogP contribution < -0.4 is 24.2 Å². The van der Waals surface area contributed by atoms with Crippen LogP contribution in [-0.2, 0) is 10.0 Å². The van der Waals surface area contributed by atoms with E-state index in [1.54, 1.807) is 25.1 Å². The number of carbonyl (C=O) groups is 1. The van der Waals surface area contributed by atoms with Gasteiger partial charge in [0.2, 0.25) is 10.0 Å². The molecule has 0 fully saturated rings. The molecule has 0 heterocycles. The van der Waals surface area contributed by atoms with Gasteiger partial charge in [-0.05, 0) is 37.3 Å². The highest BCUT2D eigenvalue weighted by Gasteiger charge is 2.19. The van der Waals surface area contributed by atoms with Gasteiger partial charge in [-0.25, -0.2) is 13.1 Å². The monoisotopic (exact) mass is 408 g/mol. The molecule has 0 radical (unpaired) electrons. The number of hydrogen-bond donors (Lipinski definition) is 2. The molecule has 0 spiro atoms. The van der Waals surface area contributed by atoms with E-state index in [1.807, 2.05) is 6.07 Å². The van der Waals surface area contributed by atoms with Gasteiger partial charge < -0.3 is 19.5 Å². The van der Waals surface area contributed by atoms with Crippen LogP contribution in [0.2, 0.25) is 0 Å². The van der Waals surface area contributed by atoms with E-state index in [1.165, 1.54) is 32.4 Å². The third-order valence-electron chi connectivity index (χ3n) is 3.78. The fourth-order valence-corrected chi connectivity index (χ4v) is 3.48. The number of rotatable bonds is 10. The fourth-order valence-electron chi connectivity index (χ4n) is 2.45. The van der Waals surface area contributed by atoms with Crippen molar-refractivity contribution in [3.05, 3.63) is 48.0 Å². The fraction of sp³-hybridized carbons (Fsp3) is 0.316. The maximum Gasteiger partial charge on any atom is 0.255 e. The molecule has 0 bridgehead atoms. The summed E-state index contributed by atoms with van der Waals surface area (Å²) in [5, 5.41) is 2.63. The van der Waals surface area contributed by atoms with Crippen LogP contribution in [0.25, 0.3) is 0 Å². The van der Waals surface area contributed by atoms with Crippen molar-refractivity contribution in [2.24, 2.45) is 0 Å². The Hall–Kier alpha value is -2.78. The lowest BCUT2D eigenvalue weighted by atomic mass is 10.2. The molecule has 0 aliphatic rings. The number of methoxy groups -OCH3 is 2. The Balaban J connectivity index is 2.06. The second kappa shape index (κ2) is 9.95. The highest BCUT2D eigenvalue weighted by atomic mass is 32.2. The van der Waals surface area contributed by atoms with E-state index >= 15 is 0 Å². The number of hydrogen-bond acceptors (Lipinski definition) is 6. The molecule has 0 atom stereocenters. The van der Waals surface area contributed by atoms with E-state index in [9.17, 15) is 13.2 Å². The van der Waals surface area contributed by atoms with E-state index < -0.39 is 15.9 Å². The Kier molecular flexibility index (Phi) is 7.65. The number of carbonyl (C=O) groups excluding carboxylic acids is 1. The van der Waals surface area contributed by atoms with Gasteiger partial charge in [-0.2, -0.15) is 0 Å². The lowest BCUT2D eigenvalue weighted by Crippen LogP contribution is -2.29. The van der Waals surface area contributed by atoms with Gasteiger partial charge in [-0.1, -0.05) is 12.1 Å². The van der Waals surface area contributed by atoms with Crippen molar-refractivity contribution < 1.29 is 27.4 Å². The highest BCUT2D eigenvalue weighted by molar-refractivity contribution is 7.89. The standard InChI is InChI=1S/C19H24N2O6S/c1-4-20-19(22)15-13-14(9-10-16(15)25-2)28(23,24)21-11-12-27-18-8-6-5-7-17(18)26-3/h5-10,13,21H,4,11-12H2,1-3H3,(H,20,22). The van der Waals surface area contributed by atoms with Gasteiger partial charge in [0.15, 0.2) is 11.5 Å². The molecule has 0 unspecified atom stereocenters. The first-order valence-electron chi connectivity index (χ1n) is 8.64. The molecule has 152 valence electrons. The van der Waals surface area contributed by atoms with Crippen LogP contribution in [0.5, 0.6) is 17.2 Å². The summed E-state index contributed by atoms with van der Waals surface area (Å²) in [7, 11) is -0.878. The molecule has 0 aromatic heterocycles. The van der Waals surface area contributed by atoms with Crippen molar-refractivity contribution in [2.45, 2.75) is 11.8 Å². The van der Waals surface area contributed by atoms with Gasteiger partial charge >= 0.3 is 0 Å². The summed E-state index contributed by atoms with van der Waals surface area (Å²) in [6.07, 6.45) is 0. The smallest absolute Gasteiger partial charge is 0.255 e. The molecule has 28 heavy (non-hydrogen) atoms. The zero-order chi connectivity index (χ0) is 20.6. The summed E-state index contributed by atoms with van der Waals surface area (Å²) in [5.41, 5.74) is 0.150. The van der Waals surface area contributed by atoms with E-state index in [-0.39, 0.29) is 23.6 Å². The van der Waals surface area contributed by atoms with Gasteiger partial charge in [0, 0.05) is 13.1 Å². The molecular formula is C19H24N2O6S. The molecule has 9 heteroatoms. The summed E-state index contributed by atoms with van der Waals surface area (Å²) >= 11 is 0. The number of ether oxygens (including phenoxy) is 3. The Bertz CT molecular complexity index is 914. The van der Waals surface area contributed by atoms with Crippen LogP contribution in [-0.4, -0.2) is 48.2 Å². The summed E-state index contributed by atoms with van der Waals surface area (Å²) in [5.74, 6) is 0.972. The Morgan fingerprint density at radius 2 is 1.68 bits per heavy atom. The van der Waals surface area contributed by atoms with Gasteiger partial charge in [-0.3, -0.25) is 4.79 Å². The first-order valence-corrected chi connectivity index (χ1v) is 10.1. The molecule has 2 aromatic carbocycles. The van der Waals surface area contributed by atoms with Crippen molar-refractivity contribution in [1.29, 1.82) is 0 Å². The second-order valence-corrected chi connectivity index (χ2v) is 7.39. The summed E-state index contributed by atoms with van der Waals surface area (Å²) in [6.45, 7) is 2.34. The second-order valence-electron chi connectivity index (χ2n) is 5.62. The van der Waals surface area contributed by atoms with Crippen molar-refractivity contribution in [3.63, 3.8) is 0 Å². The van der Waals surface area contributed by atoms with Crippen molar-refractivity contribution >= 4 is 15.9 Å². The van der Waals surface area contributed by atoms with E-state index in [4.69, 9.17) is 14.2 Å². The van der Waals surface area contributed by atoms with Crippen LogP contribution in [0.3, 0.4) is 0 Å². The van der Waals surface area contributed by atoms with Gasteiger partial charge in [0.05, 0.1) is 24.7 Å². The number of nitrogens with one attached hydrogen (secondary N) is 2. The molecule has 1 amide bonds. The molecule has 2 rings (SSSR count). The first-order chi connectivity index (χ1) is 13.4. The number of sulfonamides is 1. The van der Waals surface area contributed by atoms with Crippen molar-refractivity contribution in [1.82, 2.24) is 10.0 Å². The average molecular weight is 408 g/mol. The SMILES string of the molecule is CCNC(=O)c1cc(S(=O)(=O)NCCOc2ccccc2OC)ccc1OC. The topological polar surface area (TPSA) is 103 Å². The molecule has 0 saturated heterocycles. The Morgan fingerprint density at radius 3 is 2.32 bits per heavy atom. The average Bonchev–Trinajstić information content (AvgIpc) is 2.71. The van der Waals surface area contributed by atoms with E-state index in [2.05, 4.69) is 10.0 Å². The van der Waals surface area contributed by atoms with Gasteiger partial charge in [-0.15, -0.1) is 0 Å². The summed E-state index contributed by atoms with van der Waals surface area (Å²) in [6, 6.07) is 11.2. The van der Waals surface area contributed by atoms with Crippen LogP contribution in [0.1, 0.15) is 17.3 Å². The molecular weight excluding hydrogens is 384 g/mol. The zero-order valence-corrected chi connectivity index (χ0v) is 16.8. The number of amides is 1.